The number of methoxy groups -OCH3 is 3. The van der Waals surface area contributed by atoms with Gasteiger partial charge in [-0.2, -0.15) is 0 Å². The number of hydrogen-bond acceptors (Lipinski definition) is 4. The summed E-state index contributed by atoms with van der Waals surface area (Å²) < 4.78 is 16.3. The molecule has 0 saturated heterocycles. The number of nitrogens with two attached hydrogens (primary N) is 1. The van der Waals surface area contributed by atoms with Gasteiger partial charge in [-0.05, 0) is 55.4 Å². The maximum Gasteiger partial charge on any atom is 0.203 e. The monoisotopic (exact) mass is 511 g/mol. The van der Waals surface area contributed by atoms with Gasteiger partial charge in [0.15, 0.2) is 17.5 Å². The third-order valence-corrected chi connectivity index (χ3v) is 5.11. The zero-order valence-electron chi connectivity index (χ0n) is 17.3. The standard InChI is InChI=1S/C22H29N3O3.HI/c1-26-19-12-11-16(20(27-2)21(19)28-3)13-14-24-22(23)25-18-10-6-8-15-7-4-5-9-17(15)18;/h6,8,10-12H,4-5,7,9,13-14H2,1-3H3,(H3,23,24,25);1H. The zero-order valence-corrected chi connectivity index (χ0v) is 19.6. The van der Waals surface area contributed by atoms with Crippen LogP contribution in [0.15, 0.2) is 35.3 Å². The Hall–Kier alpha value is -2.16. The maximum atomic E-state index is 6.14. The van der Waals surface area contributed by atoms with Crippen molar-refractivity contribution >= 4 is 35.6 Å². The summed E-state index contributed by atoms with van der Waals surface area (Å²) >= 11 is 0. The van der Waals surface area contributed by atoms with E-state index in [1.807, 2.05) is 12.1 Å². The minimum atomic E-state index is 0. The number of ether oxygens (including phenoxy) is 3. The van der Waals surface area contributed by atoms with Crippen LogP contribution in [0.2, 0.25) is 0 Å². The van der Waals surface area contributed by atoms with E-state index in [2.05, 4.69) is 28.5 Å². The fourth-order valence-corrected chi connectivity index (χ4v) is 3.73. The number of aliphatic imine (C=N–C) groups is 1. The SMILES string of the molecule is COc1ccc(CCN=C(N)Nc2cccc3c2CCCC3)c(OC)c1OC.I. The van der Waals surface area contributed by atoms with Crippen LogP contribution in [-0.2, 0) is 19.3 Å². The summed E-state index contributed by atoms with van der Waals surface area (Å²) in [5.41, 5.74) is 11.0. The Morgan fingerprint density at radius 3 is 2.48 bits per heavy atom. The highest BCUT2D eigenvalue weighted by molar-refractivity contribution is 14.0. The summed E-state index contributed by atoms with van der Waals surface area (Å²) in [7, 11) is 4.83. The number of guanidine groups is 1. The summed E-state index contributed by atoms with van der Waals surface area (Å²) in [4.78, 5) is 4.49. The first kappa shape index (κ1) is 23.1. The van der Waals surface area contributed by atoms with Gasteiger partial charge in [-0.15, -0.1) is 24.0 Å². The number of nitrogens with one attached hydrogen (secondary N) is 1. The number of fused-ring (bicyclic) bond motifs is 1. The first-order valence-corrected chi connectivity index (χ1v) is 9.63. The van der Waals surface area contributed by atoms with Crippen molar-refractivity contribution in [2.75, 3.05) is 33.2 Å². The van der Waals surface area contributed by atoms with Crippen molar-refractivity contribution in [1.29, 1.82) is 0 Å². The molecule has 0 unspecified atom stereocenters. The van der Waals surface area contributed by atoms with Crippen LogP contribution in [0.5, 0.6) is 17.2 Å². The number of halogens is 1. The quantitative estimate of drug-likeness (QED) is 0.332. The zero-order chi connectivity index (χ0) is 19.9. The molecule has 0 spiro atoms. The number of hydrogen-bond donors (Lipinski definition) is 2. The molecule has 3 N–H and O–H groups in total. The molecule has 0 aliphatic heterocycles. The maximum absolute atomic E-state index is 6.14. The van der Waals surface area contributed by atoms with E-state index in [-0.39, 0.29) is 24.0 Å². The average molecular weight is 511 g/mol. The van der Waals surface area contributed by atoms with Crippen molar-refractivity contribution < 1.29 is 14.2 Å². The molecule has 3 rings (SSSR count). The molecule has 0 bridgehead atoms. The van der Waals surface area contributed by atoms with Crippen LogP contribution >= 0.6 is 24.0 Å². The van der Waals surface area contributed by atoms with E-state index in [1.165, 1.54) is 24.0 Å². The molecule has 2 aromatic rings. The first-order chi connectivity index (χ1) is 13.7. The van der Waals surface area contributed by atoms with E-state index in [0.29, 0.717) is 36.2 Å². The Morgan fingerprint density at radius 1 is 1.00 bits per heavy atom. The van der Waals surface area contributed by atoms with Gasteiger partial charge in [0.1, 0.15) is 0 Å². The van der Waals surface area contributed by atoms with Gasteiger partial charge in [0.05, 0.1) is 21.3 Å². The lowest BCUT2D eigenvalue weighted by Gasteiger charge is -2.19. The highest BCUT2D eigenvalue weighted by Crippen LogP contribution is 2.39. The number of aryl methyl sites for hydroxylation is 1. The van der Waals surface area contributed by atoms with Crippen LogP contribution in [0.4, 0.5) is 5.69 Å². The van der Waals surface area contributed by atoms with E-state index in [0.717, 1.165) is 24.1 Å². The largest absolute Gasteiger partial charge is 0.493 e. The van der Waals surface area contributed by atoms with Crippen molar-refractivity contribution in [3.8, 4) is 17.2 Å². The highest BCUT2D eigenvalue weighted by atomic mass is 127. The fraction of sp³-hybridized carbons (Fsp3) is 0.409. The number of nitrogens with zero attached hydrogens (tertiary/aromatic N) is 1. The Bertz CT molecular complexity index is 855. The second-order valence-electron chi connectivity index (χ2n) is 6.79. The van der Waals surface area contributed by atoms with Gasteiger partial charge in [-0.25, -0.2) is 0 Å². The number of benzene rings is 2. The smallest absolute Gasteiger partial charge is 0.203 e. The Kier molecular flexibility index (Phi) is 8.88. The topological polar surface area (TPSA) is 78.1 Å². The lowest BCUT2D eigenvalue weighted by Crippen LogP contribution is -2.24. The van der Waals surface area contributed by atoms with Gasteiger partial charge < -0.3 is 25.3 Å². The number of rotatable bonds is 7. The van der Waals surface area contributed by atoms with Crippen molar-refractivity contribution in [1.82, 2.24) is 0 Å². The van der Waals surface area contributed by atoms with Crippen LogP contribution in [0.1, 0.15) is 29.5 Å². The van der Waals surface area contributed by atoms with Gasteiger partial charge in [0.2, 0.25) is 5.75 Å². The van der Waals surface area contributed by atoms with Crippen molar-refractivity contribution in [3.05, 3.63) is 47.0 Å². The molecule has 29 heavy (non-hydrogen) atoms. The molecule has 2 aromatic carbocycles. The molecular formula is C22H30IN3O3. The minimum absolute atomic E-state index is 0. The molecular weight excluding hydrogens is 481 g/mol. The Morgan fingerprint density at radius 2 is 1.76 bits per heavy atom. The average Bonchev–Trinajstić information content (AvgIpc) is 2.73. The van der Waals surface area contributed by atoms with Gasteiger partial charge >= 0.3 is 0 Å². The van der Waals surface area contributed by atoms with E-state index in [1.54, 1.807) is 21.3 Å². The van der Waals surface area contributed by atoms with E-state index in [4.69, 9.17) is 19.9 Å². The van der Waals surface area contributed by atoms with Gasteiger partial charge in [0.25, 0.3) is 0 Å². The predicted octanol–water partition coefficient (Wildman–Crippen LogP) is 4.18. The summed E-state index contributed by atoms with van der Waals surface area (Å²) in [6, 6.07) is 10.2. The lowest BCUT2D eigenvalue weighted by molar-refractivity contribution is 0.322. The van der Waals surface area contributed by atoms with Crippen molar-refractivity contribution in [3.63, 3.8) is 0 Å². The van der Waals surface area contributed by atoms with Crippen LogP contribution in [0, 0.1) is 0 Å². The third kappa shape index (κ3) is 5.46. The fourth-order valence-electron chi connectivity index (χ4n) is 3.73. The molecule has 0 atom stereocenters. The normalized spacial score (nSPS) is 13.1. The third-order valence-electron chi connectivity index (χ3n) is 5.11. The van der Waals surface area contributed by atoms with E-state index < -0.39 is 0 Å². The van der Waals surface area contributed by atoms with Crippen molar-refractivity contribution in [2.45, 2.75) is 32.1 Å². The molecule has 0 aromatic heterocycles. The molecule has 0 fully saturated rings. The Balaban J connectivity index is 0.00000300. The molecule has 7 heteroatoms. The van der Waals surface area contributed by atoms with Crippen LogP contribution in [0.3, 0.4) is 0 Å². The summed E-state index contributed by atoms with van der Waals surface area (Å²) in [6.07, 6.45) is 5.39. The van der Waals surface area contributed by atoms with Crippen LogP contribution in [0.25, 0.3) is 0 Å². The summed E-state index contributed by atoms with van der Waals surface area (Å²) in [5, 5.41) is 3.28. The molecule has 6 nitrogen and oxygen atoms in total. The molecule has 1 aliphatic rings. The Labute approximate surface area is 189 Å². The van der Waals surface area contributed by atoms with Crippen molar-refractivity contribution in [2.24, 2.45) is 10.7 Å². The van der Waals surface area contributed by atoms with Crippen LogP contribution in [-0.4, -0.2) is 33.8 Å². The van der Waals surface area contributed by atoms with Gasteiger partial charge in [-0.3, -0.25) is 4.99 Å². The minimum Gasteiger partial charge on any atom is -0.493 e. The van der Waals surface area contributed by atoms with Crippen LogP contribution < -0.4 is 25.3 Å². The van der Waals surface area contributed by atoms with E-state index >= 15 is 0 Å². The summed E-state index contributed by atoms with van der Waals surface area (Å²) in [6.45, 7) is 0.541. The second-order valence-corrected chi connectivity index (χ2v) is 6.79. The first-order valence-electron chi connectivity index (χ1n) is 9.63. The highest BCUT2D eigenvalue weighted by Gasteiger charge is 2.16. The molecule has 0 heterocycles. The summed E-state index contributed by atoms with van der Waals surface area (Å²) in [5.74, 6) is 2.33. The predicted molar refractivity (Wildman–Crippen MR) is 128 cm³/mol. The van der Waals surface area contributed by atoms with E-state index in [9.17, 15) is 0 Å². The molecule has 0 radical (unpaired) electrons. The molecule has 0 saturated carbocycles. The second kappa shape index (κ2) is 11.1. The van der Waals surface area contributed by atoms with Gasteiger partial charge in [-0.1, -0.05) is 18.2 Å². The lowest BCUT2D eigenvalue weighted by atomic mass is 9.90. The molecule has 0 amide bonds. The molecule has 158 valence electrons. The number of anilines is 1. The molecule has 1 aliphatic carbocycles. The van der Waals surface area contributed by atoms with Gasteiger partial charge in [0, 0.05) is 17.8 Å².